The monoisotopic (exact) mass is 337 g/mol. The van der Waals surface area contributed by atoms with Crippen molar-refractivity contribution in [3.8, 4) is 0 Å². The normalized spacial score (nSPS) is 19.5. The van der Waals surface area contributed by atoms with Crippen molar-refractivity contribution in [3.05, 3.63) is 54.1 Å². The van der Waals surface area contributed by atoms with Gasteiger partial charge in [0.15, 0.2) is 0 Å². The van der Waals surface area contributed by atoms with Crippen LogP contribution in [0.1, 0.15) is 5.56 Å². The highest BCUT2D eigenvalue weighted by molar-refractivity contribution is 7.89. The van der Waals surface area contributed by atoms with Gasteiger partial charge in [-0.15, -0.1) is 0 Å². The molecule has 0 saturated heterocycles. The molecule has 0 spiro atoms. The first-order chi connectivity index (χ1) is 10.2. The lowest BCUT2D eigenvalue weighted by Crippen LogP contribution is -2.36. The third kappa shape index (κ3) is 4.24. The highest BCUT2D eigenvalue weighted by atomic mass is 32.2. The summed E-state index contributed by atoms with van der Waals surface area (Å²) in [5, 5.41) is 0. The molecule has 1 aromatic rings. The van der Waals surface area contributed by atoms with Crippen LogP contribution in [-0.2, 0) is 14.8 Å². The second-order valence-electron chi connectivity index (χ2n) is 6.57. The molecule has 22 heavy (non-hydrogen) atoms. The standard InChI is InChI=1S/C16H23NO3SSi/c1-14-5-7-16(8-6-14)21(18,19)17-10-11-20-15(13-17)9-12-22(2,3)4/h5-12,15H,13H2,1-4H3/b12-9+. The summed E-state index contributed by atoms with van der Waals surface area (Å²) in [4.78, 5) is 0.303. The van der Waals surface area contributed by atoms with Crippen molar-refractivity contribution in [1.29, 1.82) is 0 Å². The molecule has 1 aliphatic rings. The SMILES string of the molecule is Cc1ccc(S(=O)(=O)N2C=COC(/C=C/[Si](C)(C)C)C2)cc1. The van der Waals surface area contributed by atoms with E-state index < -0.39 is 18.1 Å². The number of sulfonamides is 1. The third-order valence-electron chi connectivity index (χ3n) is 3.28. The molecule has 1 heterocycles. The van der Waals surface area contributed by atoms with Gasteiger partial charge in [0.25, 0.3) is 10.0 Å². The van der Waals surface area contributed by atoms with Gasteiger partial charge in [0, 0.05) is 0 Å². The summed E-state index contributed by atoms with van der Waals surface area (Å²) in [5.41, 5.74) is 3.21. The molecule has 1 atom stereocenters. The summed E-state index contributed by atoms with van der Waals surface area (Å²) in [5.74, 6) is 0. The van der Waals surface area contributed by atoms with Crippen LogP contribution < -0.4 is 0 Å². The van der Waals surface area contributed by atoms with Gasteiger partial charge < -0.3 is 4.74 Å². The summed E-state index contributed by atoms with van der Waals surface area (Å²) in [6.07, 6.45) is 4.67. The predicted octanol–water partition coefficient (Wildman–Crippen LogP) is 3.29. The molecule has 0 radical (unpaired) electrons. The number of aryl methyl sites for hydroxylation is 1. The molecule has 1 aliphatic heterocycles. The minimum absolute atomic E-state index is 0.239. The molecule has 1 unspecified atom stereocenters. The second kappa shape index (κ2) is 6.30. The van der Waals surface area contributed by atoms with Crippen LogP contribution in [0.25, 0.3) is 0 Å². The Morgan fingerprint density at radius 3 is 2.45 bits per heavy atom. The summed E-state index contributed by atoms with van der Waals surface area (Å²) >= 11 is 0. The Hall–Kier alpha value is -1.53. The van der Waals surface area contributed by atoms with Crippen LogP contribution in [0.15, 0.2) is 53.4 Å². The Balaban J connectivity index is 2.18. The smallest absolute Gasteiger partial charge is 0.264 e. The van der Waals surface area contributed by atoms with Gasteiger partial charge in [-0.25, -0.2) is 8.42 Å². The van der Waals surface area contributed by atoms with Gasteiger partial charge in [-0.05, 0) is 19.1 Å². The van der Waals surface area contributed by atoms with E-state index in [1.54, 1.807) is 24.3 Å². The van der Waals surface area contributed by atoms with Crippen LogP contribution in [-0.4, -0.2) is 33.4 Å². The van der Waals surface area contributed by atoms with Crippen molar-refractivity contribution in [2.24, 2.45) is 0 Å². The van der Waals surface area contributed by atoms with E-state index in [1.165, 1.54) is 16.8 Å². The first-order valence-electron chi connectivity index (χ1n) is 7.28. The Bertz CT molecular complexity index is 672. The van der Waals surface area contributed by atoms with Gasteiger partial charge in [-0.3, -0.25) is 4.31 Å². The Morgan fingerprint density at radius 2 is 1.86 bits per heavy atom. The molecule has 2 rings (SSSR count). The third-order valence-corrected chi connectivity index (χ3v) is 6.23. The van der Waals surface area contributed by atoms with Crippen molar-refractivity contribution in [3.63, 3.8) is 0 Å². The number of rotatable bonds is 4. The Labute approximate surface area is 134 Å². The second-order valence-corrected chi connectivity index (χ2v) is 13.5. The molecule has 0 fully saturated rings. The van der Waals surface area contributed by atoms with E-state index >= 15 is 0 Å². The zero-order valence-corrected chi connectivity index (χ0v) is 15.3. The van der Waals surface area contributed by atoms with Crippen molar-refractivity contribution in [1.82, 2.24) is 4.31 Å². The fourth-order valence-corrected chi connectivity index (χ4v) is 4.11. The maximum Gasteiger partial charge on any atom is 0.264 e. The molecule has 1 aromatic carbocycles. The Kier molecular flexibility index (Phi) is 4.82. The van der Waals surface area contributed by atoms with E-state index in [0.717, 1.165) is 5.56 Å². The minimum atomic E-state index is -3.52. The lowest BCUT2D eigenvalue weighted by molar-refractivity contribution is 0.147. The lowest BCUT2D eigenvalue weighted by Gasteiger charge is -2.28. The highest BCUT2D eigenvalue weighted by Gasteiger charge is 2.26. The lowest BCUT2D eigenvalue weighted by atomic mass is 10.2. The van der Waals surface area contributed by atoms with E-state index in [-0.39, 0.29) is 6.10 Å². The van der Waals surface area contributed by atoms with Crippen molar-refractivity contribution in [2.45, 2.75) is 37.6 Å². The van der Waals surface area contributed by atoms with Gasteiger partial charge in [0.1, 0.15) is 12.4 Å². The summed E-state index contributed by atoms with van der Waals surface area (Å²) < 4.78 is 32.1. The quantitative estimate of drug-likeness (QED) is 0.792. The number of hydrogen-bond donors (Lipinski definition) is 0. The molecule has 0 aromatic heterocycles. The molecule has 0 aliphatic carbocycles. The fraction of sp³-hybridized carbons (Fsp3) is 0.375. The number of benzene rings is 1. The number of nitrogens with zero attached hydrogens (tertiary/aromatic N) is 1. The van der Waals surface area contributed by atoms with Crippen molar-refractivity contribution < 1.29 is 13.2 Å². The first kappa shape index (κ1) is 16.8. The molecule has 120 valence electrons. The van der Waals surface area contributed by atoms with E-state index in [9.17, 15) is 8.42 Å². The molecule has 6 heteroatoms. The maximum absolute atomic E-state index is 12.6. The van der Waals surface area contributed by atoms with Crippen molar-refractivity contribution in [2.75, 3.05) is 6.54 Å². The summed E-state index contributed by atoms with van der Waals surface area (Å²) in [7, 11) is -4.85. The van der Waals surface area contributed by atoms with Crippen LogP contribution in [0, 0.1) is 6.92 Å². The van der Waals surface area contributed by atoms with Crippen LogP contribution in [0.5, 0.6) is 0 Å². The van der Waals surface area contributed by atoms with E-state index in [0.29, 0.717) is 11.4 Å². The van der Waals surface area contributed by atoms with Gasteiger partial charge >= 0.3 is 0 Å². The van der Waals surface area contributed by atoms with E-state index in [2.05, 4.69) is 25.3 Å². The molecule has 4 nitrogen and oxygen atoms in total. The number of ether oxygens (including phenoxy) is 1. The fourth-order valence-electron chi connectivity index (χ4n) is 2.01. The molecular formula is C16H23NO3SSi. The molecular weight excluding hydrogens is 314 g/mol. The number of hydrogen-bond acceptors (Lipinski definition) is 3. The van der Waals surface area contributed by atoms with E-state index in [4.69, 9.17) is 4.74 Å². The average molecular weight is 338 g/mol. The van der Waals surface area contributed by atoms with Crippen LogP contribution in [0.3, 0.4) is 0 Å². The summed E-state index contributed by atoms with van der Waals surface area (Å²) in [6, 6.07) is 6.89. The van der Waals surface area contributed by atoms with Gasteiger partial charge in [0.05, 0.1) is 25.7 Å². The van der Waals surface area contributed by atoms with Crippen molar-refractivity contribution >= 4 is 18.1 Å². The van der Waals surface area contributed by atoms with Crippen LogP contribution in [0.4, 0.5) is 0 Å². The van der Waals surface area contributed by atoms with E-state index in [1.807, 2.05) is 13.0 Å². The summed E-state index contributed by atoms with van der Waals surface area (Å²) in [6.45, 7) is 8.91. The van der Waals surface area contributed by atoms with Gasteiger partial charge in [0.2, 0.25) is 0 Å². The topological polar surface area (TPSA) is 46.6 Å². The largest absolute Gasteiger partial charge is 0.491 e. The molecule has 0 saturated carbocycles. The van der Waals surface area contributed by atoms with Gasteiger partial charge in [-0.1, -0.05) is 49.1 Å². The maximum atomic E-state index is 12.6. The van der Waals surface area contributed by atoms with Crippen LogP contribution >= 0.6 is 0 Å². The van der Waals surface area contributed by atoms with Crippen LogP contribution in [0.2, 0.25) is 19.6 Å². The highest BCUT2D eigenvalue weighted by Crippen LogP contribution is 2.20. The minimum Gasteiger partial charge on any atom is -0.491 e. The average Bonchev–Trinajstić information content (AvgIpc) is 2.45. The zero-order valence-electron chi connectivity index (χ0n) is 13.5. The molecule has 0 N–H and O–H groups in total. The first-order valence-corrected chi connectivity index (χ1v) is 12.3. The van der Waals surface area contributed by atoms with Gasteiger partial charge in [-0.2, -0.15) is 0 Å². The molecule has 0 bridgehead atoms. The zero-order chi connectivity index (χ0) is 16.4. The predicted molar refractivity (Wildman–Crippen MR) is 91.6 cm³/mol. The molecule has 0 amide bonds. The Morgan fingerprint density at radius 1 is 1.23 bits per heavy atom.